The molecule has 1 aromatic carbocycles. The molecule has 0 radical (unpaired) electrons. The van der Waals surface area contributed by atoms with Gasteiger partial charge in [0.25, 0.3) is 0 Å². The number of aliphatic imine (C=N–C) groups is 1. The molecule has 2 aromatic rings. The second-order valence-electron chi connectivity index (χ2n) is 8.14. The normalized spacial score (nSPS) is 12.8. The summed E-state index contributed by atoms with van der Waals surface area (Å²) in [7, 11) is 0. The van der Waals surface area contributed by atoms with E-state index in [1.165, 1.54) is 0 Å². The van der Waals surface area contributed by atoms with Crippen molar-refractivity contribution in [3.63, 3.8) is 0 Å². The summed E-state index contributed by atoms with van der Waals surface area (Å²) >= 11 is 0. The first-order chi connectivity index (χ1) is 11.0. The molecule has 4 nitrogen and oxygen atoms in total. The van der Waals surface area contributed by atoms with E-state index in [1.54, 1.807) is 24.4 Å². The van der Waals surface area contributed by atoms with Gasteiger partial charge < -0.3 is 10.8 Å². The number of rotatable bonds is 2. The van der Waals surface area contributed by atoms with Crippen LogP contribution in [0.2, 0.25) is 0 Å². The Hall–Kier alpha value is -2.36. The fourth-order valence-corrected chi connectivity index (χ4v) is 2.41. The third-order valence-electron chi connectivity index (χ3n) is 3.91. The number of nitrogens with two attached hydrogens (primary N) is 1. The van der Waals surface area contributed by atoms with Crippen molar-refractivity contribution in [3.8, 4) is 5.75 Å². The Morgan fingerprint density at radius 1 is 1.04 bits per heavy atom. The molecule has 0 spiro atoms. The molecule has 2 rings (SSSR count). The van der Waals surface area contributed by atoms with Gasteiger partial charge in [0.05, 0.1) is 0 Å². The standard InChI is InChI=1S/C20H27N3O/c1-19(2,3)14-10-13(18(24)15(11-14)20(4,5)6)12-22-17-9-7-8-16(21)23-17/h7-12,24H,1-6H3,(H2,21,23). The minimum atomic E-state index is -0.163. The van der Waals surface area contributed by atoms with Crippen LogP contribution in [0.3, 0.4) is 0 Å². The molecular weight excluding hydrogens is 298 g/mol. The third-order valence-corrected chi connectivity index (χ3v) is 3.91. The second kappa shape index (κ2) is 6.27. The maximum Gasteiger partial charge on any atom is 0.154 e. The van der Waals surface area contributed by atoms with Gasteiger partial charge in [0.15, 0.2) is 5.82 Å². The van der Waals surface area contributed by atoms with Crippen LogP contribution in [0.4, 0.5) is 11.6 Å². The van der Waals surface area contributed by atoms with Crippen LogP contribution < -0.4 is 5.73 Å². The topological polar surface area (TPSA) is 71.5 Å². The number of aromatic nitrogens is 1. The van der Waals surface area contributed by atoms with Crippen molar-refractivity contribution in [3.05, 3.63) is 47.0 Å². The monoisotopic (exact) mass is 325 g/mol. The Morgan fingerprint density at radius 3 is 2.25 bits per heavy atom. The Bertz CT molecular complexity index is 765. The summed E-state index contributed by atoms with van der Waals surface area (Å²) in [5.74, 6) is 1.21. The predicted molar refractivity (Wildman–Crippen MR) is 101 cm³/mol. The first kappa shape index (κ1) is 18.0. The van der Waals surface area contributed by atoms with Gasteiger partial charge in [-0.3, -0.25) is 0 Å². The van der Waals surface area contributed by atoms with Gasteiger partial charge in [-0.25, -0.2) is 9.98 Å². The van der Waals surface area contributed by atoms with Gasteiger partial charge in [-0.2, -0.15) is 0 Å². The highest BCUT2D eigenvalue weighted by molar-refractivity contribution is 5.86. The molecule has 0 aliphatic carbocycles. The Kier molecular flexibility index (Phi) is 4.70. The molecule has 1 heterocycles. The lowest BCUT2D eigenvalue weighted by Crippen LogP contribution is -2.17. The molecule has 0 saturated heterocycles. The summed E-state index contributed by atoms with van der Waals surface area (Å²) < 4.78 is 0. The number of phenols is 1. The van der Waals surface area contributed by atoms with Crippen LogP contribution in [-0.4, -0.2) is 16.3 Å². The number of nitrogen functional groups attached to an aromatic ring is 1. The molecule has 0 amide bonds. The number of hydrogen-bond donors (Lipinski definition) is 2. The Balaban J connectivity index is 2.56. The minimum Gasteiger partial charge on any atom is -0.507 e. The first-order valence-electron chi connectivity index (χ1n) is 8.13. The van der Waals surface area contributed by atoms with Crippen LogP contribution in [0, 0.1) is 0 Å². The zero-order chi connectivity index (χ0) is 18.1. The lowest BCUT2D eigenvalue weighted by atomic mass is 9.79. The van der Waals surface area contributed by atoms with Gasteiger partial charge in [0.2, 0.25) is 0 Å². The average molecular weight is 325 g/mol. The van der Waals surface area contributed by atoms with E-state index >= 15 is 0 Å². The molecular formula is C20H27N3O. The maximum absolute atomic E-state index is 10.7. The van der Waals surface area contributed by atoms with Crippen molar-refractivity contribution in [1.82, 2.24) is 4.98 Å². The van der Waals surface area contributed by atoms with Crippen molar-refractivity contribution in [2.75, 3.05) is 5.73 Å². The van der Waals surface area contributed by atoms with Crippen LogP contribution in [0.15, 0.2) is 35.3 Å². The summed E-state index contributed by atoms with van der Waals surface area (Å²) in [4.78, 5) is 8.53. The van der Waals surface area contributed by atoms with E-state index in [0.717, 1.165) is 11.1 Å². The van der Waals surface area contributed by atoms with Crippen molar-refractivity contribution < 1.29 is 5.11 Å². The SMILES string of the molecule is CC(C)(C)c1cc(C=Nc2cccc(N)n2)c(O)c(C(C)(C)C)c1. The molecule has 4 heteroatoms. The Morgan fingerprint density at radius 2 is 1.71 bits per heavy atom. The molecule has 0 aliphatic heterocycles. The van der Waals surface area contributed by atoms with Crippen LogP contribution >= 0.6 is 0 Å². The maximum atomic E-state index is 10.7. The van der Waals surface area contributed by atoms with Gasteiger partial charge in [-0.05, 0) is 34.6 Å². The molecule has 24 heavy (non-hydrogen) atoms. The summed E-state index contributed by atoms with van der Waals surface area (Å²) in [5.41, 5.74) is 8.26. The molecule has 0 bridgehead atoms. The second-order valence-corrected chi connectivity index (χ2v) is 8.14. The molecule has 0 atom stereocenters. The minimum absolute atomic E-state index is 0.0221. The molecule has 1 aromatic heterocycles. The van der Waals surface area contributed by atoms with E-state index in [0.29, 0.717) is 17.2 Å². The van der Waals surface area contributed by atoms with E-state index in [4.69, 9.17) is 5.73 Å². The zero-order valence-corrected chi connectivity index (χ0v) is 15.4. The van der Waals surface area contributed by atoms with Crippen molar-refractivity contribution in [1.29, 1.82) is 0 Å². The van der Waals surface area contributed by atoms with Crippen molar-refractivity contribution >= 4 is 17.9 Å². The van der Waals surface area contributed by atoms with Gasteiger partial charge in [0.1, 0.15) is 11.6 Å². The number of phenolic OH excluding ortho intramolecular Hbond substituents is 1. The van der Waals surface area contributed by atoms with Crippen LogP contribution in [0.5, 0.6) is 5.75 Å². The highest BCUT2D eigenvalue weighted by Crippen LogP contribution is 2.37. The highest BCUT2D eigenvalue weighted by atomic mass is 16.3. The van der Waals surface area contributed by atoms with Gasteiger partial charge in [0, 0.05) is 17.3 Å². The van der Waals surface area contributed by atoms with Crippen LogP contribution in [-0.2, 0) is 10.8 Å². The van der Waals surface area contributed by atoms with Crippen molar-refractivity contribution in [2.24, 2.45) is 4.99 Å². The van der Waals surface area contributed by atoms with Crippen molar-refractivity contribution in [2.45, 2.75) is 52.4 Å². The molecule has 0 saturated carbocycles. The lowest BCUT2D eigenvalue weighted by Gasteiger charge is -2.26. The summed E-state index contributed by atoms with van der Waals surface area (Å²) in [6, 6.07) is 9.38. The van der Waals surface area contributed by atoms with Crippen LogP contribution in [0.1, 0.15) is 58.2 Å². The van der Waals surface area contributed by atoms with E-state index < -0.39 is 0 Å². The van der Waals surface area contributed by atoms with Gasteiger partial charge in [-0.15, -0.1) is 0 Å². The summed E-state index contributed by atoms with van der Waals surface area (Å²) in [5, 5.41) is 10.7. The van der Waals surface area contributed by atoms with Crippen LogP contribution in [0.25, 0.3) is 0 Å². The fraction of sp³-hybridized carbons (Fsp3) is 0.400. The number of anilines is 1. The average Bonchev–Trinajstić information content (AvgIpc) is 2.43. The van der Waals surface area contributed by atoms with E-state index in [1.807, 2.05) is 6.07 Å². The third kappa shape index (κ3) is 4.13. The summed E-state index contributed by atoms with van der Waals surface area (Å²) in [6.45, 7) is 12.8. The predicted octanol–water partition coefficient (Wildman–Crippen LogP) is 4.72. The number of nitrogens with zero attached hydrogens (tertiary/aromatic N) is 2. The summed E-state index contributed by atoms with van der Waals surface area (Å²) in [6.07, 6.45) is 1.65. The smallest absolute Gasteiger partial charge is 0.154 e. The quantitative estimate of drug-likeness (QED) is 0.785. The zero-order valence-electron chi connectivity index (χ0n) is 15.4. The molecule has 128 valence electrons. The Labute approximate surface area is 144 Å². The molecule has 0 aliphatic rings. The molecule has 0 fully saturated rings. The molecule has 0 unspecified atom stereocenters. The van der Waals surface area contributed by atoms with E-state index in [-0.39, 0.29) is 16.6 Å². The number of aromatic hydroxyl groups is 1. The first-order valence-corrected chi connectivity index (χ1v) is 8.13. The number of benzene rings is 1. The highest BCUT2D eigenvalue weighted by Gasteiger charge is 2.24. The molecule has 3 N–H and O–H groups in total. The largest absolute Gasteiger partial charge is 0.507 e. The fourth-order valence-electron chi connectivity index (χ4n) is 2.41. The van der Waals surface area contributed by atoms with Gasteiger partial charge >= 0.3 is 0 Å². The number of hydrogen-bond acceptors (Lipinski definition) is 4. The number of pyridine rings is 1. The van der Waals surface area contributed by atoms with E-state index in [2.05, 4.69) is 57.6 Å². The van der Waals surface area contributed by atoms with E-state index in [9.17, 15) is 5.11 Å². The van der Waals surface area contributed by atoms with Gasteiger partial charge in [-0.1, -0.05) is 53.7 Å². The lowest BCUT2D eigenvalue weighted by molar-refractivity contribution is 0.444.